The van der Waals surface area contributed by atoms with Gasteiger partial charge in [0, 0.05) is 5.69 Å². The Hall–Kier alpha value is -2.54. The van der Waals surface area contributed by atoms with Crippen LogP contribution in [0.3, 0.4) is 0 Å². The number of nitrogens with zero attached hydrogens (tertiary/aromatic N) is 2. The molecular formula is C16H14FN3O2S. The van der Waals surface area contributed by atoms with Crippen LogP contribution in [0.4, 0.5) is 15.9 Å². The van der Waals surface area contributed by atoms with Crippen molar-refractivity contribution in [1.29, 1.82) is 0 Å². The van der Waals surface area contributed by atoms with Gasteiger partial charge in [0.2, 0.25) is 0 Å². The molecule has 0 aliphatic carbocycles. The quantitative estimate of drug-likeness (QED) is 0.730. The lowest BCUT2D eigenvalue weighted by atomic mass is 10.2. The highest BCUT2D eigenvalue weighted by Crippen LogP contribution is 2.34. The van der Waals surface area contributed by atoms with Crippen LogP contribution in [0.2, 0.25) is 0 Å². The van der Waals surface area contributed by atoms with Gasteiger partial charge in [-0.25, -0.2) is 19.2 Å². The molecule has 0 radical (unpaired) electrons. The van der Waals surface area contributed by atoms with E-state index in [1.165, 1.54) is 29.8 Å². The predicted octanol–water partition coefficient (Wildman–Crippen LogP) is 4.06. The van der Waals surface area contributed by atoms with Crippen molar-refractivity contribution < 1.29 is 13.9 Å². The maximum Gasteiger partial charge on any atom is 0.348 e. The van der Waals surface area contributed by atoms with E-state index in [9.17, 15) is 9.18 Å². The molecule has 0 unspecified atom stereocenters. The van der Waals surface area contributed by atoms with Crippen molar-refractivity contribution in [2.24, 2.45) is 0 Å². The number of carbonyl (C=O) groups is 1. The Morgan fingerprint density at radius 1 is 1.39 bits per heavy atom. The lowest BCUT2D eigenvalue weighted by Crippen LogP contribution is -2.03. The number of aromatic nitrogens is 2. The molecule has 0 aliphatic heterocycles. The number of carbonyl (C=O) groups excluding carboxylic acids is 1. The van der Waals surface area contributed by atoms with Crippen molar-refractivity contribution in [1.82, 2.24) is 9.97 Å². The van der Waals surface area contributed by atoms with E-state index in [-0.39, 0.29) is 11.8 Å². The number of hydrogen-bond donors (Lipinski definition) is 1. The number of nitrogens with one attached hydrogen (secondary N) is 1. The Kier molecular flexibility index (Phi) is 4.20. The third kappa shape index (κ3) is 3.00. The molecule has 2 heterocycles. The van der Waals surface area contributed by atoms with Crippen LogP contribution < -0.4 is 5.32 Å². The summed E-state index contributed by atoms with van der Waals surface area (Å²) in [5.74, 6) is -0.177. The largest absolute Gasteiger partial charge is 0.462 e. The molecule has 118 valence electrons. The summed E-state index contributed by atoms with van der Waals surface area (Å²) in [6, 6.07) is 6.10. The molecule has 5 nitrogen and oxygen atoms in total. The van der Waals surface area contributed by atoms with Crippen LogP contribution in [0, 0.1) is 12.7 Å². The van der Waals surface area contributed by atoms with Crippen LogP contribution in [0.5, 0.6) is 0 Å². The first-order valence-corrected chi connectivity index (χ1v) is 7.85. The van der Waals surface area contributed by atoms with E-state index in [0.717, 1.165) is 10.9 Å². The second-order valence-electron chi connectivity index (χ2n) is 4.81. The standard InChI is InChI=1S/C16H14FN3O2S/c1-3-22-16(21)13-9(2)12-14(18-8-19-15(12)23-13)20-11-6-4-5-10(17)7-11/h4-8H,3H2,1-2H3,(H,18,19,20). The first-order valence-electron chi connectivity index (χ1n) is 7.04. The Bertz CT molecular complexity index is 879. The Balaban J connectivity index is 2.06. The highest BCUT2D eigenvalue weighted by Gasteiger charge is 2.20. The highest BCUT2D eigenvalue weighted by atomic mass is 32.1. The smallest absolute Gasteiger partial charge is 0.348 e. The zero-order chi connectivity index (χ0) is 16.4. The molecule has 0 atom stereocenters. The first-order chi connectivity index (χ1) is 11.1. The number of aryl methyl sites for hydroxylation is 1. The maximum absolute atomic E-state index is 13.3. The van der Waals surface area contributed by atoms with Gasteiger partial charge in [-0.15, -0.1) is 11.3 Å². The van der Waals surface area contributed by atoms with E-state index in [0.29, 0.717) is 27.8 Å². The summed E-state index contributed by atoms with van der Waals surface area (Å²) < 4.78 is 18.4. The molecule has 0 bridgehead atoms. The molecule has 0 saturated carbocycles. The molecule has 0 saturated heterocycles. The minimum atomic E-state index is -0.371. The highest BCUT2D eigenvalue weighted by molar-refractivity contribution is 7.20. The van der Waals surface area contributed by atoms with E-state index >= 15 is 0 Å². The number of esters is 1. The monoisotopic (exact) mass is 331 g/mol. The molecule has 2 aromatic heterocycles. The average molecular weight is 331 g/mol. The topological polar surface area (TPSA) is 64.1 Å². The van der Waals surface area contributed by atoms with E-state index in [1.807, 2.05) is 6.92 Å². The molecular weight excluding hydrogens is 317 g/mol. The Morgan fingerprint density at radius 3 is 2.96 bits per heavy atom. The molecule has 1 N–H and O–H groups in total. The van der Waals surface area contributed by atoms with Gasteiger partial charge in [0.25, 0.3) is 0 Å². The number of anilines is 2. The van der Waals surface area contributed by atoms with Crippen molar-refractivity contribution in [3.05, 3.63) is 46.9 Å². The number of rotatable bonds is 4. The van der Waals surface area contributed by atoms with Crippen molar-refractivity contribution >= 4 is 39.0 Å². The van der Waals surface area contributed by atoms with Crippen LogP contribution in [0.1, 0.15) is 22.2 Å². The molecule has 0 amide bonds. The second kappa shape index (κ2) is 6.29. The molecule has 0 fully saturated rings. The summed E-state index contributed by atoms with van der Waals surface area (Å²) in [6.07, 6.45) is 1.41. The van der Waals surface area contributed by atoms with Gasteiger partial charge in [-0.2, -0.15) is 0 Å². The minimum absolute atomic E-state index is 0.312. The zero-order valence-corrected chi connectivity index (χ0v) is 13.4. The summed E-state index contributed by atoms with van der Waals surface area (Å²) in [4.78, 5) is 21.6. The summed E-state index contributed by atoms with van der Waals surface area (Å²) in [7, 11) is 0. The molecule has 0 spiro atoms. The molecule has 1 aromatic carbocycles. The SMILES string of the molecule is CCOC(=O)c1sc2ncnc(Nc3cccc(F)c3)c2c1C. The van der Waals surface area contributed by atoms with E-state index in [4.69, 9.17) is 4.74 Å². The molecule has 23 heavy (non-hydrogen) atoms. The lowest BCUT2D eigenvalue weighted by Gasteiger charge is -2.07. The Labute approximate surface area is 136 Å². The number of halogens is 1. The van der Waals surface area contributed by atoms with Gasteiger partial charge < -0.3 is 10.1 Å². The van der Waals surface area contributed by atoms with Crippen LogP contribution in [-0.2, 0) is 4.74 Å². The summed E-state index contributed by atoms with van der Waals surface area (Å²) in [5, 5.41) is 3.82. The number of fused-ring (bicyclic) bond motifs is 1. The fourth-order valence-electron chi connectivity index (χ4n) is 2.26. The summed E-state index contributed by atoms with van der Waals surface area (Å²) >= 11 is 1.26. The minimum Gasteiger partial charge on any atom is -0.462 e. The number of ether oxygens (including phenoxy) is 1. The van der Waals surface area contributed by atoms with Gasteiger partial charge in [-0.1, -0.05) is 6.07 Å². The summed E-state index contributed by atoms with van der Waals surface area (Å²) in [6.45, 7) is 3.90. The predicted molar refractivity (Wildman–Crippen MR) is 87.8 cm³/mol. The van der Waals surface area contributed by atoms with Crippen molar-refractivity contribution in [2.45, 2.75) is 13.8 Å². The average Bonchev–Trinajstić information content (AvgIpc) is 2.86. The van der Waals surface area contributed by atoms with E-state index < -0.39 is 0 Å². The maximum atomic E-state index is 13.3. The second-order valence-corrected chi connectivity index (χ2v) is 5.81. The lowest BCUT2D eigenvalue weighted by molar-refractivity contribution is 0.0531. The first kappa shape index (κ1) is 15.4. The van der Waals surface area contributed by atoms with Gasteiger partial charge in [-0.05, 0) is 37.6 Å². The van der Waals surface area contributed by atoms with Gasteiger partial charge in [0.1, 0.15) is 27.7 Å². The Morgan fingerprint density at radius 2 is 2.22 bits per heavy atom. The normalized spacial score (nSPS) is 10.7. The number of benzene rings is 1. The molecule has 0 aliphatic rings. The fourth-order valence-corrected chi connectivity index (χ4v) is 3.30. The van der Waals surface area contributed by atoms with Gasteiger partial charge in [0.05, 0.1) is 12.0 Å². The van der Waals surface area contributed by atoms with Crippen molar-refractivity contribution in [3.63, 3.8) is 0 Å². The van der Waals surface area contributed by atoms with Crippen LogP contribution >= 0.6 is 11.3 Å². The molecule has 3 rings (SSSR count). The van der Waals surface area contributed by atoms with Crippen molar-refractivity contribution in [2.75, 3.05) is 11.9 Å². The van der Waals surface area contributed by atoms with E-state index in [1.54, 1.807) is 19.1 Å². The van der Waals surface area contributed by atoms with E-state index in [2.05, 4.69) is 15.3 Å². The van der Waals surface area contributed by atoms with Crippen LogP contribution in [0.15, 0.2) is 30.6 Å². The van der Waals surface area contributed by atoms with Crippen molar-refractivity contribution in [3.8, 4) is 0 Å². The third-order valence-electron chi connectivity index (χ3n) is 3.28. The van der Waals surface area contributed by atoms with Gasteiger partial charge >= 0.3 is 5.97 Å². The molecule has 7 heteroatoms. The van der Waals surface area contributed by atoms with Crippen LogP contribution in [0.25, 0.3) is 10.2 Å². The fraction of sp³-hybridized carbons (Fsp3) is 0.188. The summed E-state index contributed by atoms with van der Waals surface area (Å²) in [5.41, 5.74) is 1.33. The number of thiophene rings is 1. The van der Waals surface area contributed by atoms with Gasteiger partial charge in [0.15, 0.2) is 0 Å². The van der Waals surface area contributed by atoms with Gasteiger partial charge in [-0.3, -0.25) is 0 Å². The molecule has 3 aromatic rings. The third-order valence-corrected chi connectivity index (χ3v) is 4.45. The number of hydrogen-bond acceptors (Lipinski definition) is 6. The zero-order valence-electron chi connectivity index (χ0n) is 12.6. The van der Waals surface area contributed by atoms with Crippen LogP contribution in [-0.4, -0.2) is 22.5 Å².